The summed E-state index contributed by atoms with van der Waals surface area (Å²) < 4.78 is 5.95. The molecule has 3 rings (SSSR count). The quantitative estimate of drug-likeness (QED) is 0.494. The summed E-state index contributed by atoms with van der Waals surface area (Å²) in [6, 6.07) is 6.98. The molecule has 0 aliphatic heterocycles. The molecule has 0 saturated carbocycles. The number of halogens is 2. The average molecular weight is 398 g/mol. The van der Waals surface area contributed by atoms with E-state index in [1.165, 1.54) is 29.8 Å². The van der Waals surface area contributed by atoms with E-state index < -0.39 is 0 Å². The van der Waals surface area contributed by atoms with E-state index in [1.54, 1.807) is 18.2 Å². The number of hydrogen-bond acceptors (Lipinski definition) is 5. The van der Waals surface area contributed by atoms with Crippen LogP contribution in [0.25, 0.3) is 16.3 Å². The Balaban J connectivity index is 1.64. The van der Waals surface area contributed by atoms with Gasteiger partial charge < -0.3 is 9.73 Å². The highest BCUT2D eigenvalue weighted by Gasteiger charge is 2.11. The van der Waals surface area contributed by atoms with E-state index in [0.29, 0.717) is 26.5 Å². The third-order valence-electron chi connectivity index (χ3n) is 2.85. The van der Waals surface area contributed by atoms with Crippen LogP contribution in [0.4, 0.5) is 5.13 Å². The Kier molecular flexibility index (Phi) is 5.15. The second-order valence-electron chi connectivity index (χ2n) is 4.52. The van der Waals surface area contributed by atoms with Crippen molar-refractivity contribution in [2.24, 2.45) is 0 Å². The lowest BCUT2D eigenvalue weighted by atomic mass is 10.3. The van der Waals surface area contributed by atoms with Crippen LogP contribution in [-0.4, -0.2) is 16.0 Å². The molecule has 0 aliphatic rings. The zero-order valence-corrected chi connectivity index (χ0v) is 15.0. The summed E-state index contributed by atoms with van der Waals surface area (Å²) in [6.45, 7) is 0. The molecule has 2 aromatic heterocycles. The second kappa shape index (κ2) is 7.31. The lowest BCUT2D eigenvalue weighted by Crippen LogP contribution is -2.32. The zero-order valence-electron chi connectivity index (χ0n) is 11.9. The molecule has 2 heterocycles. The van der Waals surface area contributed by atoms with E-state index in [-0.39, 0.29) is 11.0 Å². The molecule has 0 saturated heterocycles. The minimum atomic E-state index is -0.383. The van der Waals surface area contributed by atoms with Gasteiger partial charge in [-0.25, -0.2) is 4.98 Å². The molecule has 0 bridgehead atoms. The third-order valence-corrected chi connectivity index (χ3v) is 4.79. The lowest BCUT2D eigenvalue weighted by Gasteiger charge is -2.04. The SMILES string of the molecule is O=C(/C=C/c1ccco1)NC(=S)Nc1nc2c(Cl)c(Cl)ccc2s1. The number of aromatic nitrogens is 1. The minimum absolute atomic E-state index is 0.130. The van der Waals surface area contributed by atoms with Gasteiger partial charge in [-0.15, -0.1) is 0 Å². The van der Waals surface area contributed by atoms with Crippen molar-refractivity contribution in [2.45, 2.75) is 0 Å². The fourth-order valence-electron chi connectivity index (χ4n) is 1.82. The third kappa shape index (κ3) is 3.93. The number of anilines is 1. The first kappa shape index (κ1) is 16.9. The largest absolute Gasteiger partial charge is 0.465 e. The number of carbonyl (C=O) groups is 1. The van der Waals surface area contributed by atoms with E-state index in [9.17, 15) is 4.79 Å². The number of carbonyl (C=O) groups excluding carboxylic acids is 1. The van der Waals surface area contributed by atoms with Gasteiger partial charge in [-0.1, -0.05) is 34.5 Å². The van der Waals surface area contributed by atoms with Crippen LogP contribution < -0.4 is 10.6 Å². The predicted molar refractivity (Wildman–Crippen MR) is 102 cm³/mol. The highest BCUT2D eigenvalue weighted by atomic mass is 35.5. The van der Waals surface area contributed by atoms with Gasteiger partial charge in [0, 0.05) is 6.08 Å². The molecule has 9 heteroatoms. The van der Waals surface area contributed by atoms with Crippen molar-refractivity contribution in [3.63, 3.8) is 0 Å². The first-order valence-corrected chi connectivity index (χ1v) is 8.59. The van der Waals surface area contributed by atoms with Crippen molar-refractivity contribution >= 4 is 79.2 Å². The Bertz CT molecular complexity index is 936. The van der Waals surface area contributed by atoms with E-state index in [2.05, 4.69) is 15.6 Å². The molecule has 24 heavy (non-hydrogen) atoms. The first-order chi connectivity index (χ1) is 11.5. The molecule has 2 N–H and O–H groups in total. The van der Waals surface area contributed by atoms with Gasteiger partial charge in [0.2, 0.25) is 5.91 Å². The van der Waals surface area contributed by atoms with Gasteiger partial charge in [-0.2, -0.15) is 0 Å². The number of nitrogens with zero attached hydrogens (tertiary/aromatic N) is 1. The molecule has 0 aliphatic carbocycles. The number of fused-ring (bicyclic) bond motifs is 1. The molecule has 0 radical (unpaired) electrons. The first-order valence-electron chi connectivity index (χ1n) is 6.61. The Morgan fingerprint density at radius 2 is 2.17 bits per heavy atom. The van der Waals surface area contributed by atoms with E-state index >= 15 is 0 Å². The maximum absolute atomic E-state index is 11.8. The van der Waals surface area contributed by atoms with Crippen LogP contribution in [0, 0.1) is 0 Å². The Morgan fingerprint density at radius 1 is 1.33 bits per heavy atom. The van der Waals surface area contributed by atoms with Crippen LogP contribution >= 0.6 is 46.8 Å². The number of furan rings is 1. The molecular formula is C15H9Cl2N3O2S2. The molecular weight excluding hydrogens is 389 g/mol. The van der Waals surface area contributed by atoms with Crippen LogP contribution in [0.5, 0.6) is 0 Å². The van der Waals surface area contributed by atoms with Crippen molar-refractivity contribution in [2.75, 3.05) is 5.32 Å². The monoisotopic (exact) mass is 397 g/mol. The van der Waals surface area contributed by atoms with Gasteiger partial charge in [-0.3, -0.25) is 10.1 Å². The Morgan fingerprint density at radius 3 is 2.92 bits per heavy atom. The molecule has 1 amide bonds. The van der Waals surface area contributed by atoms with Gasteiger partial charge in [0.15, 0.2) is 10.2 Å². The van der Waals surface area contributed by atoms with Crippen LogP contribution in [0.15, 0.2) is 41.0 Å². The van der Waals surface area contributed by atoms with Gasteiger partial charge in [0.05, 0.1) is 21.0 Å². The summed E-state index contributed by atoms with van der Waals surface area (Å²) in [5, 5.41) is 6.83. The van der Waals surface area contributed by atoms with E-state index in [4.69, 9.17) is 39.8 Å². The van der Waals surface area contributed by atoms with E-state index in [0.717, 1.165) is 4.70 Å². The number of hydrogen-bond donors (Lipinski definition) is 2. The summed E-state index contributed by atoms with van der Waals surface area (Å²) in [7, 11) is 0. The molecule has 0 unspecified atom stereocenters. The normalized spacial score (nSPS) is 11.1. The van der Waals surface area contributed by atoms with Crippen molar-refractivity contribution in [3.8, 4) is 0 Å². The maximum Gasteiger partial charge on any atom is 0.250 e. The van der Waals surface area contributed by atoms with Crippen LogP contribution in [0.1, 0.15) is 5.76 Å². The van der Waals surface area contributed by atoms with Crippen molar-refractivity contribution < 1.29 is 9.21 Å². The highest BCUT2D eigenvalue weighted by molar-refractivity contribution is 7.80. The van der Waals surface area contributed by atoms with Gasteiger partial charge in [0.25, 0.3) is 0 Å². The number of benzene rings is 1. The highest BCUT2D eigenvalue weighted by Crippen LogP contribution is 2.35. The summed E-state index contributed by atoms with van der Waals surface area (Å²) in [4.78, 5) is 16.1. The summed E-state index contributed by atoms with van der Waals surface area (Å²) in [5.41, 5.74) is 0.587. The number of amides is 1. The Hall–Kier alpha value is -1.93. The van der Waals surface area contributed by atoms with E-state index in [1.807, 2.05) is 6.07 Å². The maximum atomic E-state index is 11.8. The fraction of sp³-hybridized carbons (Fsp3) is 0. The van der Waals surface area contributed by atoms with Crippen molar-refractivity contribution in [1.29, 1.82) is 0 Å². The smallest absolute Gasteiger partial charge is 0.250 e. The molecule has 0 atom stereocenters. The topological polar surface area (TPSA) is 67.2 Å². The summed E-state index contributed by atoms with van der Waals surface area (Å²) in [6.07, 6.45) is 4.38. The number of thiazole rings is 1. The summed E-state index contributed by atoms with van der Waals surface area (Å²) >= 11 is 18.5. The van der Waals surface area contributed by atoms with Gasteiger partial charge in [0.1, 0.15) is 11.3 Å². The molecule has 122 valence electrons. The molecule has 5 nitrogen and oxygen atoms in total. The average Bonchev–Trinajstić information content (AvgIpc) is 3.18. The molecule has 3 aromatic rings. The van der Waals surface area contributed by atoms with Crippen molar-refractivity contribution in [3.05, 3.63) is 52.4 Å². The number of thiocarbonyl (C=S) groups is 1. The van der Waals surface area contributed by atoms with Crippen LogP contribution in [0.3, 0.4) is 0 Å². The fourth-order valence-corrected chi connectivity index (χ4v) is 3.37. The second-order valence-corrected chi connectivity index (χ2v) is 6.74. The molecule has 1 aromatic carbocycles. The predicted octanol–water partition coefficient (Wildman–Crippen LogP) is 4.72. The minimum Gasteiger partial charge on any atom is -0.465 e. The zero-order chi connectivity index (χ0) is 17.1. The number of rotatable bonds is 3. The van der Waals surface area contributed by atoms with Crippen LogP contribution in [-0.2, 0) is 4.79 Å². The number of nitrogens with one attached hydrogen (secondary N) is 2. The van der Waals surface area contributed by atoms with Gasteiger partial charge in [-0.05, 0) is 42.6 Å². The van der Waals surface area contributed by atoms with Crippen molar-refractivity contribution in [1.82, 2.24) is 10.3 Å². The standard InChI is InChI=1S/C15H9Cl2N3O2S2/c16-9-4-5-10-13(12(9)17)19-15(24-10)20-14(23)18-11(21)6-3-8-2-1-7-22-8/h1-7H,(H2,18,19,20,21,23)/b6-3+. The molecule has 0 spiro atoms. The summed E-state index contributed by atoms with van der Waals surface area (Å²) in [5.74, 6) is 0.188. The molecule has 0 fully saturated rings. The Labute approximate surface area is 156 Å². The lowest BCUT2D eigenvalue weighted by molar-refractivity contribution is -0.115. The van der Waals surface area contributed by atoms with Gasteiger partial charge >= 0.3 is 0 Å². The van der Waals surface area contributed by atoms with Crippen LogP contribution in [0.2, 0.25) is 10.0 Å².